The largest absolute Gasteiger partial charge is 0.463 e. The highest BCUT2D eigenvalue weighted by Crippen LogP contribution is 2.45. The Morgan fingerprint density at radius 3 is 2.53 bits per heavy atom. The van der Waals surface area contributed by atoms with E-state index in [4.69, 9.17) is 9.47 Å². The maximum Gasteiger partial charge on any atom is 0.330 e. The number of allylic oxidation sites excluding steroid dienone is 1. The van der Waals surface area contributed by atoms with Crippen LogP contribution in [-0.2, 0) is 14.3 Å². The van der Waals surface area contributed by atoms with E-state index in [0.29, 0.717) is 12.0 Å². The van der Waals surface area contributed by atoms with Gasteiger partial charge < -0.3 is 9.47 Å². The predicted molar refractivity (Wildman–Crippen MR) is 65.7 cm³/mol. The summed E-state index contributed by atoms with van der Waals surface area (Å²) in [7, 11) is 0. The van der Waals surface area contributed by atoms with Gasteiger partial charge in [-0.1, -0.05) is 5.57 Å². The van der Waals surface area contributed by atoms with Crippen LogP contribution in [0.2, 0.25) is 0 Å². The van der Waals surface area contributed by atoms with Crippen molar-refractivity contribution in [1.29, 1.82) is 0 Å². The van der Waals surface area contributed by atoms with E-state index in [-0.39, 0.29) is 5.97 Å². The second-order valence-corrected chi connectivity index (χ2v) is 5.17. The number of ether oxygens (including phenoxy) is 2. The van der Waals surface area contributed by atoms with Crippen LogP contribution in [0.5, 0.6) is 0 Å². The highest BCUT2D eigenvalue weighted by atomic mass is 16.5. The molecule has 1 saturated heterocycles. The molecule has 0 N–H and O–H groups in total. The Balaban J connectivity index is 1.86. The highest BCUT2D eigenvalue weighted by molar-refractivity contribution is 5.82. The summed E-state index contributed by atoms with van der Waals surface area (Å²) in [4.78, 5) is 11.4. The van der Waals surface area contributed by atoms with E-state index >= 15 is 0 Å². The molecule has 0 radical (unpaired) electrons. The van der Waals surface area contributed by atoms with E-state index in [1.165, 1.54) is 31.3 Å². The minimum Gasteiger partial charge on any atom is -0.463 e. The smallest absolute Gasteiger partial charge is 0.330 e. The van der Waals surface area contributed by atoms with E-state index in [1.807, 2.05) is 6.92 Å². The molecule has 1 aliphatic heterocycles. The van der Waals surface area contributed by atoms with Crippen molar-refractivity contribution < 1.29 is 14.3 Å². The summed E-state index contributed by atoms with van der Waals surface area (Å²) in [5, 5.41) is 0. The van der Waals surface area contributed by atoms with Crippen LogP contribution in [0.15, 0.2) is 11.6 Å². The van der Waals surface area contributed by atoms with Crippen molar-refractivity contribution in [2.45, 2.75) is 45.4 Å². The fourth-order valence-electron chi connectivity index (χ4n) is 2.90. The van der Waals surface area contributed by atoms with Gasteiger partial charge in [0.15, 0.2) is 0 Å². The molecule has 3 nitrogen and oxygen atoms in total. The number of rotatable bonds is 2. The molecule has 1 aliphatic carbocycles. The molecule has 0 atom stereocenters. The molecule has 2 aliphatic rings. The molecule has 2 fully saturated rings. The van der Waals surface area contributed by atoms with Gasteiger partial charge in [0.2, 0.25) is 0 Å². The van der Waals surface area contributed by atoms with E-state index in [1.54, 1.807) is 6.08 Å². The minimum absolute atomic E-state index is 0.176. The first-order valence-corrected chi connectivity index (χ1v) is 6.68. The van der Waals surface area contributed by atoms with Crippen molar-refractivity contribution in [3.05, 3.63) is 11.6 Å². The Labute approximate surface area is 103 Å². The van der Waals surface area contributed by atoms with Gasteiger partial charge in [-0.15, -0.1) is 0 Å². The fraction of sp³-hybridized carbons (Fsp3) is 0.786. The lowest BCUT2D eigenvalue weighted by Crippen LogP contribution is -2.32. The monoisotopic (exact) mass is 238 g/mol. The van der Waals surface area contributed by atoms with E-state index < -0.39 is 0 Å². The van der Waals surface area contributed by atoms with Gasteiger partial charge in [0, 0.05) is 19.3 Å². The Morgan fingerprint density at radius 2 is 1.94 bits per heavy atom. The molecule has 2 rings (SSSR count). The van der Waals surface area contributed by atoms with Crippen molar-refractivity contribution in [3.63, 3.8) is 0 Å². The number of hydrogen-bond acceptors (Lipinski definition) is 3. The second-order valence-electron chi connectivity index (χ2n) is 5.17. The maximum atomic E-state index is 11.4. The molecule has 96 valence electrons. The van der Waals surface area contributed by atoms with Crippen LogP contribution in [0.25, 0.3) is 0 Å². The first-order valence-electron chi connectivity index (χ1n) is 6.68. The summed E-state index contributed by atoms with van der Waals surface area (Å²) in [6.45, 7) is 4.13. The summed E-state index contributed by atoms with van der Waals surface area (Å²) >= 11 is 0. The van der Waals surface area contributed by atoms with Crippen molar-refractivity contribution in [1.82, 2.24) is 0 Å². The molecule has 0 aromatic carbocycles. The lowest BCUT2D eigenvalue weighted by molar-refractivity contribution is -0.137. The van der Waals surface area contributed by atoms with Crippen molar-refractivity contribution in [2.24, 2.45) is 5.41 Å². The van der Waals surface area contributed by atoms with Crippen molar-refractivity contribution in [3.8, 4) is 0 Å². The molecule has 0 unspecified atom stereocenters. The third-order valence-electron chi connectivity index (χ3n) is 4.11. The van der Waals surface area contributed by atoms with Crippen LogP contribution in [0.1, 0.15) is 45.4 Å². The first kappa shape index (κ1) is 12.6. The van der Waals surface area contributed by atoms with Crippen LogP contribution >= 0.6 is 0 Å². The first-order chi connectivity index (χ1) is 8.24. The summed E-state index contributed by atoms with van der Waals surface area (Å²) in [5.74, 6) is -0.176. The number of carbonyl (C=O) groups excluding carboxylic acids is 1. The standard InChI is InChI=1S/C14H22O3/c1-2-17-13(15)11-12-3-5-14(6-4-12)7-9-16-10-8-14/h11H,2-10H2,1H3. The molecule has 1 spiro atoms. The van der Waals surface area contributed by atoms with Gasteiger partial charge in [-0.25, -0.2) is 4.79 Å². The molecule has 3 heteroatoms. The van der Waals surface area contributed by atoms with Gasteiger partial charge in [0.25, 0.3) is 0 Å². The summed E-state index contributed by atoms with van der Waals surface area (Å²) in [6.07, 6.45) is 8.62. The molecule has 0 aromatic rings. The van der Waals surface area contributed by atoms with Crippen molar-refractivity contribution in [2.75, 3.05) is 19.8 Å². The molecule has 0 aromatic heterocycles. The molecular formula is C14H22O3. The van der Waals surface area contributed by atoms with E-state index in [2.05, 4.69) is 0 Å². The Kier molecular flexibility index (Phi) is 4.21. The Bertz CT molecular complexity index is 289. The van der Waals surface area contributed by atoms with Crippen molar-refractivity contribution >= 4 is 5.97 Å². The lowest BCUT2D eigenvalue weighted by atomic mass is 9.68. The van der Waals surface area contributed by atoms with Crippen LogP contribution in [-0.4, -0.2) is 25.8 Å². The zero-order valence-corrected chi connectivity index (χ0v) is 10.7. The lowest BCUT2D eigenvalue weighted by Gasteiger charge is -2.41. The van der Waals surface area contributed by atoms with Crippen LogP contribution in [0.4, 0.5) is 0 Å². The average Bonchev–Trinajstić information content (AvgIpc) is 2.34. The Morgan fingerprint density at radius 1 is 1.29 bits per heavy atom. The normalized spacial score (nSPS) is 23.5. The van der Waals surface area contributed by atoms with Gasteiger partial charge in [0.1, 0.15) is 0 Å². The molecule has 0 amide bonds. The van der Waals surface area contributed by atoms with Gasteiger partial charge in [-0.3, -0.25) is 0 Å². The minimum atomic E-state index is -0.176. The van der Waals surface area contributed by atoms with Gasteiger partial charge >= 0.3 is 5.97 Å². The molecular weight excluding hydrogens is 216 g/mol. The highest BCUT2D eigenvalue weighted by Gasteiger charge is 2.34. The van der Waals surface area contributed by atoms with Crippen LogP contribution in [0, 0.1) is 5.41 Å². The summed E-state index contributed by atoms with van der Waals surface area (Å²) in [6, 6.07) is 0. The quantitative estimate of drug-likeness (QED) is 0.548. The van der Waals surface area contributed by atoms with E-state index in [9.17, 15) is 4.79 Å². The second kappa shape index (κ2) is 5.67. The van der Waals surface area contributed by atoms with E-state index in [0.717, 1.165) is 26.1 Å². The number of esters is 1. The third-order valence-corrected chi connectivity index (χ3v) is 4.11. The molecule has 1 heterocycles. The SMILES string of the molecule is CCOC(=O)C=C1CCC2(CCOCC2)CC1. The van der Waals surface area contributed by atoms with Crippen LogP contribution in [0.3, 0.4) is 0 Å². The zero-order chi connectivity index (χ0) is 12.1. The van der Waals surface area contributed by atoms with Gasteiger partial charge in [0.05, 0.1) is 6.61 Å². The molecule has 0 bridgehead atoms. The zero-order valence-electron chi connectivity index (χ0n) is 10.7. The van der Waals surface area contributed by atoms with Crippen LogP contribution < -0.4 is 0 Å². The average molecular weight is 238 g/mol. The topological polar surface area (TPSA) is 35.5 Å². The fourth-order valence-corrected chi connectivity index (χ4v) is 2.90. The number of carbonyl (C=O) groups is 1. The third kappa shape index (κ3) is 3.32. The maximum absolute atomic E-state index is 11.4. The predicted octanol–water partition coefficient (Wildman–Crippen LogP) is 2.85. The molecule has 17 heavy (non-hydrogen) atoms. The van der Waals surface area contributed by atoms with Gasteiger partial charge in [-0.05, 0) is 50.9 Å². The number of hydrogen-bond donors (Lipinski definition) is 0. The summed E-state index contributed by atoms with van der Waals surface area (Å²) in [5.41, 5.74) is 1.77. The Hall–Kier alpha value is -0.830. The van der Waals surface area contributed by atoms with Gasteiger partial charge in [-0.2, -0.15) is 0 Å². The summed E-state index contributed by atoms with van der Waals surface area (Å²) < 4.78 is 10.4. The molecule has 1 saturated carbocycles.